The lowest BCUT2D eigenvalue weighted by atomic mass is 11.0. The second-order valence-electron chi connectivity index (χ2n) is 2.70. The van der Waals surface area contributed by atoms with Crippen molar-refractivity contribution < 1.29 is 11.7 Å². The van der Waals surface area contributed by atoms with Crippen LogP contribution >= 0.6 is 9.45 Å². The van der Waals surface area contributed by atoms with Gasteiger partial charge < -0.3 is 0 Å². The van der Waals surface area contributed by atoms with E-state index >= 15 is 0 Å². The van der Waals surface area contributed by atoms with E-state index in [2.05, 4.69) is 0 Å². The van der Waals surface area contributed by atoms with Gasteiger partial charge in [-0.15, -0.1) is 0 Å². The van der Waals surface area contributed by atoms with E-state index in [0.717, 1.165) is 6.92 Å². The maximum atomic E-state index is 12.3. The molecule has 0 aliphatic carbocycles. The third kappa shape index (κ3) is 6.14. The summed E-state index contributed by atoms with van der Waals surface area (Å²) >= 11 is 0. The van der Waals surface area contributed by atoms with Gasteiger partial charge in [-0.2, -0.15) is 11.7 Å². The van der Waals surface area contributed by atoms with Gasteiger partial charge in [0.05, 0.1) is 0 Å². The van der Waals surface area contributed by atoms with E-state index in [-0.39, 0.29) is 0 Å². The van der Waals surface area contributed by atoms with E-state index in [1.807, 2.05) is 0 Å². The molecule has 0 N–H and O–H groups in total. The van der Waals surface area contributed by atoms with E-state index in [4.69, 9.17) is 0 Å². The fourth-order valence-corrected chi connectivity index (χ4v) is 0. The molecule has 0 heterocycles. The summed E-state index contributed by atoms with van der Waals surface area (Å²) in [5, 5.41) is 0. The molecule has 0 aromatic heterocycles. The molecule has 0 rings (SSSR count). The van der Waals surface area contributed by atoms with Crippen LogP contribution in [0.25, 0.3) is 0 Å². The second kappa shape index (κ2) is 1.03. The van der Waals surface area contributed by atoms with Crippen LogP contribution in [0.3, 0.4) is 0 Å². The quantitative estimate of drug-likeness (QED) is 0.536. The Kier molecular flexibility index (Phi) is 1.05. The van der Waals surface area contributed by atoms with Crippen molar-refractivity contribution in [1.29, 1.82) is 0 Å². The van der Waals surface area contributed by atoms with Crippen molar-refractivity contribution in [2.45, 2.75) is 6.92 Å². The first-order valence-electron chi connectivity index (χ1n) is 2.28. The minimum atomic E-state index is -6.00. The van der Waals surface area contributed by atoms with Crippen LogP contribution in [-0.2, 0) is 0 Å². The van der Waals surface area contributed by atoms with Gasteiger partial charge in [-0.3, -0.25) is 0 Å². The Morgan fingerprint density at radius 2 is 1.25 bits per heavy atom. The highest BCUT2D eigenvalue weighted by molar-refractivity contribution is 8.52. The molecule has 0 atom stereocenters. The molecule has 0 fully saturated rings. The zero-order valence-corrected chi connectivity index (χ0v) is 6.07. The average Bonchev–Trinajstić information content (AvgIpc) is 1.30. The predicted octanol–water partition coefficient (Wildman–Crippen LogP) is 2.80. The fourth-order valence-electron chi connectivity index (χ4n) is 0. The van der Waals surface area contributed by atoms with Crippen LogP contribution in [0.15, 0.2) is 0 Å². The highest BCUT2D eigenvalue weighted by atomic mass is 32.4. The van der Waals surface area contributed by atoms with E-state index in [1.165, 1.54) is 0 Å². The smallest absolute Gasteiger partial charge is 0.0485 e. The minimum absolute atomic E-state index is 0.403. The third-order valence-corrected chi connectivity index (χ3v) is 2.71. The summed E-state index contributed by atoms with van der Waals surface area (Å²) < 4.78 is 36.8. The molecule has 0 amide bonds. The summed E-state index contributed by atoms with van der Waals surface area (Å²) in [6, 6.07) is 0. The molecule has 54 valence electrons. The molecule has 0 aromatic rings. The van der Waals surface area contributed by atoms with Gasteiger partial charge in [0.15, 0.2) is 0 Å². The molecule has 0 radical (unpaired) electrons. The van der Waals surface area contributed by atoms with Crippen LogP contribution in [0, 0.1) is 0 Å². The van der Waals surface area contributed by atoms with Crippen LogP contribution in [0.1, 0.15) is 6.92 Å². The summed E-state index contributed by atoms with van der Waals surface area (Å²) in [7, 11) is -6.00. The number of rotatable bonds is 1. The van der Waals surface area contributed by atoms with Crippen LogP contribution in [0.5, 0.6) is 0 Å². The Morgan fingerprint density at radius 1 is 1.12 bits per heavy atom. The number of halogens is 3. The van der Waals surface area contributed by atoms with Crippen LogP contribution in [0.2, 0.25) is 0 Å². The lowest BCUT2D eigenvalue weighted by molar-refractivity contribution is 0.567. The molecule has 0 aliphatic heterocycles. The van der Waals surface area contributed by atoms with Crippen molar-refractivity contribution in [2.24, 2.45) is 0 Å². The number of hydrogen-bond acceptors (Lipinski definition) is 0. The molecule has 8 heavy (non-hydrogen) atoms. The molecule has 0 saturated carbocycles. The second-order valence-corrected chi connectivity index (χ2v) is 8.11. The maximum absolute atomic E-state index is 12.3. The van der Waals surface area contributed by atoms with Crippen LogP contribution in [0.4, 0.5) is 11.7 Å². The van der Waals surface area contributed by atoms with Crippen molar-refractivity contribution in [3.63, 3.8) is 0 Å². The molecular weight excluding hydrogens is 137 g/mol. The van der Waals surface area contributed by atoms with Crippen molar-refractivity contribution in [3.8, 4) is 0 Å². The zero-order chi connectivity index (χ0) is 7.12. The monoisotopic (exact) mass is 148 g/mol. The summed E-state index contributed by atoms with van der Waals surface area (Å²) in [6.07, 6.45) is 0.806. The summed E-state index contributed by atoms with van der Waals surface area (Å²) in [5.41, 5.74) is 0. The van der Waals surface area contributed by atoms with Gasteiger partial charge in [-0.1, -0.05) is 6.92 Å². The molecule has 0 nitrogen and oxygen atoms in total. The Balaban J connectivity index is 4.50. The molecule has 0 spiro atoms. The number of hydrogen-bond donors (Lipinski definition) is 0. The lowest BCUT2D eigenvalue weighted by Gasteiger charge is -2.49. The molecule has 0 bridgehead atoms. The lowest BCUT2D eigenvalue weighted by Crippen LogP contribution is -2.17. The Bertz CT molecular complexity index is 94.4. The van der Waals surface area contributed by atoms with Crippen molar-refractivity contribution in [2.75, 3.05) is 18.3 Å². The zero-order valence-electron chi connectivity index (χ0n) is 5.25. The van der Waals surface area contributed by atoms with Gasteiger partial charge >= 0.3 is 0 Å². The highest BCUT2D eigenvalue weighted by Gasteiger charge is 2.49. The van der Waals surface area contributed by atoms with Crippen molar-refractivity contribution >= 4 is 9.45 Å². The SMILES string of the molecule is CCS(C)(C)(F)(F)F. The Hall–Kier alpha value is 0.140. The van der Waals surface area contributed by atoms with E-state index in [9.17, 15) is 11.7 Å². The van der Waals surface area contributed by atoms with Gasteiger partial charge in [0, 0.05) is 27.7 Å². The molecule has 0 unspecified atom stereocenters. The topological polar surface area (TPSA) is 0 Å². The van der Waals surface area contributed by atoms with Crippen LogP contribution < -0.4 is 0 Å². The first-order chi connectivity index (χ1) is 3.04. The van der Waals surface area contributed by atoms with Gasteiger partial charge in [0.2, 0.25) is 0 Å². The molecule has 0 aliphatic rings. The predicted molar refractivity (Wildman–Crippen MR) is 33.3 cm³/mol. The van der Waals surface area contributed by atoms with Gasteiger partial charge in [0.25, 0.3) is 0 Å². The summed E-state index contributed by atoms with van der Waals surface area (Å²) in [4.78, 5) is 0. The standard InChI is InChI=1S/C4H11F3S/c1-4-8(2,3,5,6)7/h4H2,1-3H3. The maximum Gasteiger partial charge on any atom is 0.0485 e. The Labute approximate surface area is 47.2 Å². The van der Waals surface area contributed by atoms with Gasteiger partial charge in [-0.05, 0) is 0 Å². The fraction of sp³-hybridized carbons (Fsp3) is 1.00. The van der Waals surface area contributed by atoms with Gasteiger partial charge in [0.1, 0.15) is 0 Å². The van der Waals surface area contributed by atoms with E-state index < -0.39 is 15.2 Å². The van der Waals surface area contributed by atoms with Gasteiger partial charge in [-0.25, -0.2) is 0 Å². The summed E-state index contributed by atoms with van der Waals surface area (Å²) in [5.74, 6) is -0.681. The molecular formula is C4H11F3S. The molecule has 0 aromatic carbocycles. The normalized spacial score (nSPS) is 21.8. The first kappa shape index (κ1) is 8.14. The third-order valence-electron chi connectivity index (χ3n) is 0.905. The van der Waals surface area contributed by atoms with Crippen molar-refractivity contribution in [1.82, 2.24) is 0 Å². The van der Waals surface area contributed by atoms with E-state index in [0.29, 0.717) is 12.5 Å². The first-order valence-corrected chi connectivity index (χ1v) is 5.41. The average molecular weight is 148 g/mol. The molecule has 4 heteroatoms. The largest absolute Gasteiger partial charge is 0.153 e. The Morgan fingerprint density at radius 3 is 1.25 bits per heavy atom. The van der Waals surface area contributed by atoms with E-state index in [1.54, 1.807) is 0 Å². The molecule has 0 saturated heterocycles. The minimum Gasteiger partial charge on any atom is -0.153 e. The van der Waals surface area contributed by atoms with Crippen LogP contribution in [-0.4, -0.2) is 18.3 Å². The highest BCUT2D eigenvalue weighted by Crippen LogP contribution is 2.88. The summed E-state index contributed by atoms with van der Waals surface area (Å²) in [6.45, 7) is 1.15. The van der Waals surface area contributed by atoms with Crippen molar-refractivity contribution in [3.05, 3.63) is 0 Å².